The normalized spacial score (nSPS) is 11.6. The summed E-state index contributed by atoms with van der Waals surface area (Å²) in [6, 6.07) is 3.64. The zero-order chi connectivity index (χ0) is 18.7. The molecule has 0 aliphatic carbocycles. The van der Waals surface area contributed by atoms with Crippen LogP contribution >= 0.6 is 0 Å². The minimum Gasteiger partial charge on any atom is -0.478 e. The fourth-order valence-electron chi connectivity index (χ4n) is 1.90. The van der Waals surface area contributed by atoms with Gasteiger partial charge in [0.1, 0.15) is 23.4 Å². The van der Waals surface area contributed by atoms with Crippen LogP contribution in [-0.4, -0.2) is 38.9 Å². The van der Waals surface area contributed by atoms with Gasteiger partial charge in [0, 0.05) is 11.6 Å². The SMILES string of the molecule is C[C@H](Nc1cc(C(N)=O)nc(-c2ccc(F)c(C(=O)O)c2)n1)C(N)=O. The van der Waals surface area contributed by atoms with Crippen LogP contribution in [-0.2, 0) is 4.79 Å². The third-order valence-electron chi connectivity index (χ3n) is 3.22. The number of primary amides is 2. The van der Waals surface area contributed by atoms with E-state index in [9.17, 15) is 18.8 Å². The number of aromatic nitrogens is 2. The molecule has 25 heavy (non-hydrogen) atoms. The molecule has 0 saturated carbocycles. The number of nitrogens with two attached hydrogens (primary N) is 2. The highest BCUT2D eigenvalue weighted by molar-refractivity contribution is 5.93. The van der Waals surface area contributed by atoms with Gasteiger partial charge in [0.15, 0.2) is 5.82 Å². The zero-order valence-corrected chi connectivity index (χ0v) is 13.0. The fourth-order valence-corrected chi connectivity index (χ4v) is 1.90. The molecule has 2 rings (SSSR count). The van der Waals surface area contributed by atoms with Crippen molar-refractivity contribution in [3.63, 3.8) is 0 Å². The number of carboxylic acid groups (broad SMARTS) is 1. The number of carbonyl (C=O) groups is 3. The summed E-state index contributed by atoms with van der Waals surface area (Å²) < 4.78 is 13.5. The Morgan fingerprint density at radius 2 is 1.88 bits per heavy atom. The Hall–Kier alpha value is -3.56. The van der Waals surface area contributed by atoms with Crippen molar-refractivity contribution in [1.82, 2.24) is 9.97 Å². The molecule has 0 spiro atoms. The number of carbonyl (C=O) groups excluding carboxylic acids is 2. The summed E-state index contributed by atoms with van der Waals surface area (Å²) in [6.45, 7) is 1.48. The lowest BCUT2D eigenvalue weighted by molar-refractivity contribution is -0.118. The van der Waals surface area contributed by atoms with Crippen LogP contribution in [0.15, 0.2) is 24.3 Å². The average Bonchev–Trinajstić information content (AvgIpc) is 2.54. The summed E-state index contributed by atoms with van der Waals surface area (Å²) in [5.41, 5.74) is 9.77. The molecule has 2 amide bonds. The van der Waals surface area contributed by atoms with Crippen molar-refractivity contribution in [2.24, 2.45) is 11.5 Å². The summed E-state index contributed by atoms with van der Waals surface area (Å²) in [4.78, 5) is 41.7. The molecule has 9 nitrogen and oxygen atoms in total. The lowest BCUT2D eigenvalue weighted by Gasteiger charge is -2.13. The Morgan fingerprint density at radius 3 is 2.44 bits per heavy atom. The zero-order valence-electron chi connectivity index (χ0n) is 13.0. The molecule has 10 heteroatoms. The lowest BCUT2D eigenvalue weighted by atomic mass is 10.1. The second-order valence-electron chi connectivity index (χ2n) is 5.09. The Bertz CT molecular complexity index is 871. The van der Waals surface area contributed by atoms with Crippen LogP contribution < -0.4 is 16.8 Å². The number of nitrogens with zero attached hydrogens (tertiary/aromatic N) is 2. The van der Waals surface area contributed by atoms with Gasteiger partial charge in [-0.2, -0.15) is 0 Å². The van der Waals surface area contributed by atoms with Gasteiger partial charge in [-0.25, -0.2) is 19.2 Å². The molecule has 6 N–H and O–H groups in total. The molecule has 1 heterocycles. The molecule has 130 valence electrons. The molecular weight excluding hydrogens is 333 g/mol. The van der Waals surface area contributed by atoms with Gasteiger partial charge in [-0.15, -0.1) is 0 Å². The van der Waals surface area contributed by atoms with Gasteiger partial charge in [0.25, 0.3) is 5.91 Å². The second kappa shape index (κ2) is 6.91. The topological polar surface area (TPSA) is 161 Å². The molecule has 1 aromatic heterocycles. The molecule has 1 atom stereocenters. The van der Waals surface area contributed by atoms with E-state index in [4.69, 9.17) is 16.6 Å². The first-order valence-corrected chi connectivity index (χ1v) is 6.97. The number of rotatable bonds is 6. The van der Waals surface area contributed by atoms with Gasteiger partial charge in [0.2, 0.25) is 5.91 Å². The maximum atomic E-state index is 13.5. The quantitative estimate of drug-likeness (QED) is 0.586. The molecular formula is C15H14FN5O4. The van der Waals surface area contributed by atoms with Gasteiger partial charge in [-0.3, -0.25) is 9.59 Å². The van der Waals surface area contributed by atoms with Crippen molar-refractivity contribution in [1.29, 1.82) is 0 Å². The first-order valence-electron chi connectivity index (χ1n) is 6.97. The summed E-state index contributed by atoms with van der Waals surface area (Å²) in [5.74, 6) is -3.91. The third kappa shape index (κ3) is 4.05. The van der Waals surface area contributed by atoms with E-state index in [0.717, 1.165) is 12.1 Å². The first kappa shape index (κ1) is 17.8. The van der Waals surface area contributed by atoms with Crippen molar-refractivity contribution in [3.8, 4) is 11.4 Å². The van der Waals surface area contributed by atoms with Gasteiger partial charge >= 0.3 is 5.97 Å². The van der Waals surface area contributed by atoms with Crippen molar-refractivity contribution in [2.75, 3.05) is 5.32 Å². The van der Waals surface area contributed by atoms with Crippen molar-refractivity contribution < 1.29 is 23.9 Å². The Labute approximate surface area is 140 Å². The maximum Gasteiger partial charge on any atom is 0.338 e. The Kier molecular flexibility index (Phi) is 4.92. The van der Waals surface area contributed by atoms with Gasteiger partial charge in [-0.05, 0) is 25.1 Å². The molecule has 0 radical (unpaired) electrons. The fraction of sp³-hybridized carbons (Fsp3) is 0.133. The number of hydrogen-bond donors (Lipinski definition) is 4. The highest BCUT2D eigenvalue weighted by Crippen LogP contribution is 2.21. The first-order chi connectivity index (χ1) is 11.7. The predicted octanol–water partition coefficient (Wildman–Crippen LogP) is 0.365. The summed E-state index contributed by atoms with van der Waals surface area (Å²) >= 11 is 0. The number of anilines is 1. The highest BCUT2D eigenvalue weighted by atomic mass is 19.1. The molecule has 0 aliphatic rings. The van der Waals surface area contributed by atoms with Crippen molar-refractivity contribution in [2.45, 2.75) is 13.0 Å². The average molecular weight is 347 g/mol. The van der Waals surface area contributed by atoms with E-state index in [1.807, 2.05) is 0 Å². The van der Waals surface area contributed by atoms with E-state index in [1.54, 1.807) is 0 Å². The number of nitrogens with one attached hydrogen (secondary N) is 1. The molecule has 1 aromatic carbocycles. The van der Waals surface area contributed by atoms with Crippen LogP contribution in [0.25, 0.3) is 11.4 Å². The van der Waals surface area contributed by atoms with Crippen LogP contribution in [0.2, 0.25) is 0 Å². The van der Waals surface area contributed by atoms with Crippen LogP contribution in [0, 0.1) is 5.82 Å². The smallest absolute Gasteiger partial charge is 0.338 e. The molecule has 0 bridgehead atoms. The monoisotopic (exact) mass is 347 g/mol. The minimum atomic E-state index is -1.47. The molecule has 2 aromatic rings. The van der Waals surface area contributed by atoms with Crippen molar-refractivity contribution in [3.05, 3.63) is 41.3 Å². The van der Waals surface area contributed by atoms with Gasteiger partial charge in [-0.1, -0.05) is 0 Å². The van der Waals surface area contributed by atoms with Crippen LogP contribution in [0.5, 0.6) is 0 Å². The number of halogens is 1. The predicted molar refractivity (Wildman–Crippen MR) is 85.2 cm³/mol. The Morgan fingerprint density at radius 1 is 1.20 bits per heavy atom. The molecule has 0 fully saturated rings. The van der Waals surface area contributed by atoms with E-state index in [1.165, 1.54) is 19.1 Å². The van der Waals surface area contributed by atoms with Crippen molar-refractivity contribution >= 4 is 23.6 Å². The minimum absolute atomic E-state index is 0.0713. The summed E-state index contributed by atoms with van der Waals surface area (Å²) in [6.07, 6.45) is 0. The van der Waals surface area contributed by atoms with Gasteiger partial charge in [0.05, 0.1) is 5.56 Å². The maximum absolute atomic E-state index is 13.5. The summed E-state index contributed by atoms with van der Waals surface area (Å²) in [7, 11) is 0. The number of hydrogen-bond acceptors (Lipinski definition) is 6. The van der Waals surface area contributed by atoms with E-state index in [2.05, 4.69) is 15.3 Å². The molecule has 0 saturated heterocycles. The van der Waals surface area contributed by atoms with Crippen LogP contribution in [0.3, 0.4) is 0 Å². The molecule has 0 unspecified atom stereocenters. The molecule has 0 aliphatic heterocycles. The third-order valence-corrected chi connectivity index (χ3v) is 3.22. The number of aromatic carboxylic acids is 1. The van der Waals surface area contributed by atoms with Crippen LogP contribution in [0.4, 0.5) is 10.2 Å². The summed E-state index contributed by atoms with van der Waals surface area (Å²) in [5, 5.41) is 11.7. The van der Waals surface area contributed by atoms with Gasteiger partial charge < -0.3 is 21.9 Å². The van der Waals surface area contributed by atoms with E-state index in [0.29, 0.717) is 0 Å². The Balaban J connectivity index is 2.55. The number of benzene rings is 1. The van der Waals surface area contributed by atoms with E-state index in [-0.39, 0.29) is 22.9 Å². The van der Waals surface area contributed by atoms with Crippen LogP contribution in [0.1, 0.15) is 27.8 Å². The second-order valence-corrected chi connectivity index (χ2v) is 5.09. The van der Waals surface area contributed by atoms with E-state index < -0.39 is 35.2 Å². The largest absolute Gasteiger partial charge is 0.478 e. The highest BCUT2D eigenvalue weighted by Gasteiger charge is 2.17. The number of amides is 2. The lowest BCUT2D eigenvalue weighted by Crippen LogP contribution is -2.33. The number of carboxylic acids is 1. The van der Waals surface area contributed by atoms with E-state index >= 15 is 0 Å². The standard InChI is InChI=1S/C15H14FN5O4/c1-6(12(17)22)19-11-5-10(13(18)23)20-14(21-11)7-2-3-9(16)8(4-7)15(24)25/h2-6H,1H3,(H2,17,22)(H2,18,23)(H,24,25)(H,19,20,21)/t6-/m0/s1.